The smallest absolute Gasteiger partial charge is 0.256 e. The zero-order valence-electron chi connectivity index (χ0n) is 12.0. The Bertz CT molecular complexity index is 679. The molecule has 0 unspecified atom stereocenters. The molecule has 2 aromatic rings. The third-order valence-corrected chi connectivity index (χ3v) is 4.00. The fourth-order valence-corrected chi connectivity index (χ4v) is 2.52. The standard InChI is InChI=1S/C15H14ClN3O2S/c1-19(8-2-7-17)14(20)10-22-15-18-9-13(21-15)11-3-5-12(16)6-4-11/h3-6,9H,2,8,10H2,1H3. The molecule has 1 aromatic heterocycles. The molecule has 1 aromatic carbocycles. The number of thioether (sulfide) groups is 1. The predicted molar refractivity (Wildman–Crippen MR) is 85.5 cm³/mol. The molecular formula is C15H14ClN3O2S. The molecule has 0 aliphatic carbocycles. The Kier molecular flexibility index (Phi) is 5.87. The number of carbonyl (C=O) groups is 1. The third kappa shape index (κ3) is 4.52. The van der Waals surface area contributed by atoms with Crippen molar-refractivity contribution < 1.29 is 9.21 Å². The SMILES string of the molecule is CN(CCC#N)C(=O)CSc1ncc(-c2ccc(Cl)cc2)o1. The Hall–Kier alpha value is -1.97. The van der Waals surface area contributed by atoms with Gasteiger partial charge in [-0.25, -0.2) is 4.98 Å². The number of hydrogen-bond acceptors (Lipinski definition) is 5. The summed E-state index contributed by atoms with van der Waals surface area (Å²) >= 11 is 7.07. The lowest BCUT2D eigenvalue weighted by atomic mass is 10.2. The minimum absolute atomic E-state index is 0.0634. The average molecular weight is 336 g/mol. The third-order valence-electron chi connectivity index (χ3n) is 2.92. The molecule has 0 bridgehead atoms. The second kappa shape index (κ2) is 7.87. The van der Waals surface area contributed by atoms with E-state index in [1.165, 1.54) is 16.7 Å². The molecule has 1 heterocycles. The van der Waals surface area contributed by atoms with E-state index >= 15 is 0 Å². The summed E-state index contributed by atoms with van der Waals surface area (Å²) in [5.74, 6) is 0.790. The molecule has 114 valence electrons. The van der Waals surface area contributed by atoms with Gasteiger partial charge in [0.1, 0.15) is 0 Å². The maximum absolute atomic E-state index is 11.8. The molecule has 7 heteroatoms. The molecule has 0 atom stereocenters. The van der Waals surface area contributed by atoms with Crippen LogP contribution in [0.5, 0.6) is 0 Å². The van der Waals surface area contributed by atoms with E-state index in [1.54, 1.807) is 25.4 Å². The number of carbonyl (C=O) groups excluding carboxylic acids is 1. The van der Waals surface area contributed by atoms with Gasteiger partial charge in [0.05, 0.1) is 24.4 Å². The number of hydrogen-bond donors (Lipinski definition) is 0. The molecule has 0 spiro atoms. The highest BCUT2D eigenvalue weighted by Crippen LogP contribution is 2.26. The Balaban J connectivity index is 1.91. The molecule has 0 saturated carbocycles. The van der Waals surface area contributed by atoms with E-state index in [0.717, 1.165) is 5.56 Å². The van der Waals surface area contributed by atoms with E-state index < -0.39 is 0 Å². The Morgan fingerprint density at radius 2 is 2.18 bits per heavy atom. The first-order valence-electron chi connectivity index (χ1n) is 6.55. The van der Waals surface area contributed by atoms with Crippen LogP contribution >= 0.6 is 23.4 Å². The monoisotopic (exact) mass is 335 g/mol. The summed E-state index contributed by atoms with van der Waals surface area (Å²) < 4.78 is 5.61. The zero-order chi connectivity index (χ0) is 15.9. The first kappa shape index (κ1) is 16.4. The molecule has 0 aliphatic heterocycles. The molecule has 0 fully saturated rings. The van der Waals surface area contributed by atoms with Gasteiger partial charge in [-0.1, -0.05) is 23.4 Å². The highest BCUT2D eigenvalue weighted by atomic mass is 35.5. The fraction of sp³-hybridized carbons (Fsp3) is 0.267. The summed E-state index contributed by atoms with van der Waals surface area (Å²) in [6.07, 6.45) is 1.95. The number of rotatable bonds is 6. The maximum atomic E-state index is 11.8. The number of nitriles is 1. The van der Waals surface area contributed by atoms with Crippen molar-refractivity contribution in [3.63, 3.8) is 0 Å². The predicted octanol–water partition coefficient (Wildman–Crippen LogP) is 3.46. The Labute approximate surface area is 137 Å². The number of benzene rings is 1. The second-order valence-corrected chi connectivity index (χ2v) is 5.87. The van der Waals surface area contributed by atoms with Crippen molar-refractivity contribution >= 4 is 29.3 Å². The molecule has 2 rings (SSSR count). The summed E-state index contributed by atoms with van der Waals surface area (Å²) in [5, 5.41) is 9.60. The average Bonchev–Trinajstić information content (AvgIpc) is 2.99. The van der Waals surface area contributed by atoms with Crippen molar-refractivity contribution in [2.24, 2.45) is 0 Å². The molecule has 5 nitrogen and oxygen atoms in total. The minimum atomic E-state index is -0.0634. The summed E-state index contributed by atoms with van der Waals surface area (Å²) in [6.45, 7) is 0.428. The molecule has 0 radical (unpaired) electrons. The summed E-state index contributed by atoms with van der Waals surface area (Å²) in [7, 11) is 1.68. The van der Waals surface area contributed by atoms with Crippen LogP contribution in [0.2, 0.25) is 5.02 Å². The number of nitrogens with zero attached hydrogens (tertiary/aromatic N) is 3. The van der Waals surface area contributed by atoms with Gasteiger partial charge in [0.15, 0.2) is 5.76 Å². The maximum Gasteiger partial charge on any atom is 0.256 e. The van der Waals surface area contributed by atoms with Crippen LogP contribution in [-0.4, -0.2) is 35.1 Å². The lowest BCUT2D eigenvalue weighted by molar-refractivity contribution is -0.127. The van der Waals surface area contributed by atoms with E-state index in [-0.39, 0.29) is 11.7 Å². The zero-order valence-corrected chi connectivity index (χ0v) is 13.5. The molecule has 0 N–H and O–H groups in total. The number of aromatic nitrogens is 1. The fourth-order valence-electron chi connectivity index (χ4n) is 1.65. The van der Waals surface area contributed by atoms with Crippen LogP contribution in [0.15, 0.2) is 40.1 Å². The van der Waals surface area contributed by atoms with Crippen molar-refractivity contribution in [3.8, 4) is 17.4 Å². The second-order valence-electron chi connectivity index (χ2n) is 4.51. The van der Waals surface area contributed by atoms with Gasteiger partial charge < -0.3 is 9.32 Å². The van der Waals surface area contributed by atoms with Crippen LogP contribution in [-0.2, 0) is 4.79 Å². The van der Waals surface area contributed by atoms with Gasteiger partial charge in [0.25, 0.3) is 5.22 Å². The van der Waals surface area contributed by atoms with Crippen molar-refractivity contribution in [2.45, 2.75) is 11.6 Å². The normalized spacial score (nSPS) is 10.2. The van der Waals surface area contributed by atoms with E-state index in [4.69, 9.17) is 21.3 Å². The Morgan fingerprint density at radius 3 is 2.86 bits per heavy atom. The van der Waals surface area contributed by atoms with Crippen LogP contribution in [0, 0.1) is 11.3 Å². The Morgan fingerprint density at radius 1 is 1.45 bits per heavy atom. The molecule has 1 amide bonds. The molecule has 0 saturated heterocycles. The van der Waals surface area contributed by atoms with Crippen LogP contribution in [0.4, 0.5) is 0 Å². The van der Waals surface area contributed by atoms with Gasteiger partial charge in [-0.15, -0.1) is 0 Å². The van der Waals surface area contributed by atoms with Gasteiger partial charge >= 0.3 is 0 Å². The van der Waals surface area contributed by atoms with Gasteiger partial charge in [0, 0.05) is 24.2 Å². The van der Waals surface area contributed by atoms with Crippen molar-refractivity contribution in [1.82, 2.24) is 9.88 Å². The first-order chi connectivity index (χ1) is 10.6. The highest BCUT2D eigenvalue weighted by Gasteiger charge is 2.12. The topological polar surface area (TPSA) is 70.1 Å². The number of halogens is 1. The molecular weight excluding hydrogens is 322 g/mol. The molecule has 22 heavy (non-hydrogen) atoms. The van der Waals surface area contributed by atoms with Gasteiger partial charge in [-0.05, 0) is 24.3 Å². The quantitative estimate of drug-likeness (QED) is 0.756. The van der Waals surface area contributed by atoms with Crippen LogP contribution in [0.3, 0.4) is 0 Å². The summed E-state index contributed by atoms with van der Waals surface area (Å²) in [4.78, 5) is 17.5. The van der Waals surface area contributed by atoms with E-state index in [2.05, 4.69) is 4.98 Å². The van der Waals surface area contributed by atoms with E-state index in [9.17, 15) is 4.79 Å². The summed E-state index contributed by atoms with van der Waals surface area (Å²) in [6, 6.07) is 9.26. The van der Waals surface area contributed by atoms with Gasteiger partial charge in [0.2, 0.25) is 5.91 Å². The van der Waals surface area contributed by atoms with E-state index in [1.807, 2.05) is 18.2 Å². The van der Waals surface area contributed by atoms with Crippen LogP contribution in [0.1, 0.15) is 6.42 Å². The number of amides is 1. The van der Waals surface area contributed by atoms with Crippen molar-refractivity contribution in [1.29, 1.82) is 5.26 Å². The van der Waals surface area contributed by atoms with Gasteiger partial charge in [-0.3, -0.25) is 4.79 Å². The lowest BCUT2D eigenvalue weighted by Gasteiger charge is -2.14. The first-order valence-corrected chi connectivity index (χ1v) is 7.92. The van der Waals surface area contributed by atoms with Crippen molar-refractivity contribution in [2.75, 3.05) is 19.3 Å². The van der Waals surface area contributed by atoms with Crippen molar-refractivity contribution in [3.05, 3.63) is 35.5 Å². The number of oxazole rings is 1. The van der Waals surface area contributed by atoms with Crippen LogP contribution < -0.4 is 0 Å². The summed E-state index contributed by atoms with van der Waals surface area (Å²) in [5.41, 5.74) is 0.876. The highest BCUT2D eigenvalue weighted by molar-refractivity contribution is 7.99. The van der Waals surface area contributed by atoms with E-state index in [0.29, 0.717) is 29.0 Å². The minimum Gasteiger partial charge on any atom is -0.431 e. The van der Waals surface area contributed by atoms with Gasteiger partial charge in [-0.2, -0.15) is 5.26 Å². The largest absolute Gasteiger partial charge is 0.431 e. The molecule has 0 aliphatic rings. The van der Waals surface area contributed by atoms with Crippen LogP contribution in [0.25, 0.3) is 11.3 Å². The lowest BCUT2D eigenvalue weighted by Crippen LogP contribution is -2.29.